The standard InChI is InChI=1S/C20H12F12O2Te/c21-17(22,23)15(18(24,25)26)13(11-7-3-1-4-8-11)35(33-15)14(12-9-5-2-6-10-12)16(34-35,19(27,28)29)20(30,31)32/h1-10,13-14H/t13-,14-/m0/s1. The van der Waals surface area contributed by atoms with E-state index in [1.165, 1.54) is 12.1 Å². The van der Waals surface area contributed by atoms with Gasteiger partial charge in [0.25, 0.3) is 0 Å². The first-order valence-corrected chi connectivity index (χ1v) is 14.1. The Morgan fingerprint density at radius 2 is 0.743 bits per heavy atom. The summed E-state index contributed by atoms with van der Waals surface area (Å²) in [5.41, 5.74) is -11.7. The van der Waals surface area contributed by atoms with Gasteiger partial charge in [0.1, 0.15) is 0 Å². The third-order valence-corrected chi connectivity index (χ3v) is 16.0. The van der Waals surface area contributed by atoms with Gasteiger partial charge >= 0.3 is 194 Å². The molecular formula is C20H12F12O2Te. The Balaban J connectivity index is 2.03. The Morgan fingerprint density at radius 1 is 0.486 bits per heavy atom. The van der Waals surface area contributed by atoms with Gasteiger partial charge in [-0.25, -0.2) is 0 Å². The van der Waals surface area contributed by atoms with Crippen molar-refractivity contribution in [2.75, 3.05) is 0 Å². The Bertz CT molecular complexity index is 960. The minimum atomic E-state index is -6.36. The van der Waals surface area contributed by atoms with Crippen LogP contribution in [0.15, 0.2) is 60.7 Å². The molecule has 2 aromatic carbocycles. The number of rotatable bonds is 2. The first-order valence-electron chi connectivity index (χ1n) is 9.46. The second-order valence-electron chi connectivity index (χ2n) is 7.80. The molecule has 0 unspecified atom stereocenters. The monoisotopic (exact) mass is 642 g/mol. The van der Waals surface area contributed by atoms with Crippen molar-refractivity contribution >= 4 is 19.0 Å². The van der Waals surface area contributed by atoms with Crippen molar-refractivity contribution in [3.8, 4) is 0 Å². The molecule has 2 saturated heterocycles. The van der Waals surface area contributed by atoms with Gasteiger partial charge in [0.15, 0.2) is 0 Å². The number of alkyl halides is 12. The molecule has 0 aliphatic carbocycles. The molecule has 2 atom stereocenters. The quantitative estimate of drug-likeness (QED) is 0.264. The Morgan fingerprint density at radius 3 is 0.971 bits per heavy atom. The Kier molecular flexibility index (Phi) is 5.77. The summed E-state index contributed by atoms with van der Waals surface area (Å²) in [6, 6.07) is 9.52. The van der Waals surface area contributed by atoms with Crippen LogP contribution >= 0.6 is 0 Å². The minimum absolute atomic E-state index is 0.764. The summed E-state index contributed by atoms with van der Waals surface area (Å²) in [5.74, 6) is 0. The topological polar surface area (TPSA) is 18.5 Å². The summed E-state index contributed by atoms with van der Waals surface area (Å²) in [7, 11) is 0. The van der Waals surface area contributed by atoms with Crippen molar-refractivity contribution in [3.05, 3.63) is 71.8 Å². The third-order valence-electron chi connectivity index (χ3n) is 5.81. The van der Waals surface area contributed by atoms with E-state index in [2.05, 4.69) is 6.20 Å². The number of hydrogen-bond acceptors (Lipinski definition) is 2. The summed E-state index contributed by atoms with van der Waals surface area (Å²) >= 11 is -6.36. The van der Waals surface area contributed by atoms with Gasteiger partial charge in [0.2, 0.25) is 0 Å². The molecule has 4 rings (SSSR count). The van der Waals surface area contributed by atoms with E-state index in [0.717, 1.165) is 48.5 Å². The SMILES string of the molecule is FC(F)(F)C1(C(F)(F)F)O[Te]2(OC(C(F)(F)F)(C(F)(F)F)[C@@H]2c2ccccc2)[C@H]1c1ccccc1. The van der Waals surface area contributed by atoms with Gasteiger partial charge < -0.3 is 0 Å². The van der Waals surface area contributed by atoms with Crippen LogP contribution in [0.4, 0.5) is 52.7 Å². The first-order chi connectivity index (χ1) is 15.9. The zero-order valence-electron chi connectivity index (χ0n) is 16.7. The zero-order valence-corrected chi connectivity index (χ0v) is 19.0. The van der Waals surface area contributed by atoms with Crippen LogP contribution in [-0.4, -0.2) is 54.9 Å². The van der Waals surface area contributed by atoms with E-state index in [1.807, 2.05) is 0 Å². The predicted octanol–water partition coefficient (Wildman–Crippen LogP) is 6.86. The average Bonchev–Trinajstić information content (AvgIpc) is 2.64. The molecule has 2 heterocycles. The van der Waals surface area contributed by atoms with Crippen LogP contribution in [0.5, 0.6) is 0 Å². The number of halogens is 12. The van der Waals surface area contributed by atoms with Gasteiger partial charge in [0, 0.05) is 0 Å². The van der Waals surface area contributed by atoms with Crippen LogP contribution in [0.2, 0.25) is 0 Å². The fraction of sp³-hybridized carbons (Fsp3) is 0.400. The van der Waals surface area contributed by atoms with Crippen LogP contribution in [-0.2, 0) is 6.20 Å². The molecule has 0 amide bonds. The van der Waals surface area contributed by atoms with Gasteiger partial charge in [-0.05, 0) is 0 Å². The maximum atomic E-state index is 14.0. The molecule has 194 valence electrons. The summed E-state index contributed by atoms with van der Waals surface area (Å²) in [5, 5.41) is 0. The van der Waals surface area contributed by atoms with Crippen molar-refractivity contribution in [3.63, 3.8) is 0 Å². The van der Waals surface area contributed by atoms with Crippen LogP contribution < -0.4 is 0 Å². The Labute approximate surface area is 193 Å². The van der Waals surface area contributed by atoms with Gasteiger partial charge in [-0.15, -0.1) is 0 Å². The van der Waals surface area contributed by atoms with Gasteiger partial charge in [-0.2, -0.15) is 0 Å². The van der Waals surface area contributed by atoms with Crippen LogP contribution in [0, 0.1) is 0 Å². The van der Waals surface area contributed by atoms with Gasteiger partial charge in [0.05, 0.1) is 0 Å². The van der Waals surface area contributed by atoms with Crippen molar-refractivity contribution in [2.24, 2.45) is 0 Å². The van der Waals surface area contributed by atoms with E-state index in [4.69, 9.17) is 0 Å². The molecule has 2 aliphatic heterocycles. The second-order valence-corrected chi connectivity index (χ2v) is 14.8. The predicted molar refractivity (Wildman–Crippen MR) is 96.0 cm³/mol. The molecule has 1 spiro atoms. The number of hydrogen-bond donors (Lipinski definition) is 0. The molecule has 0 radical (unpaired) electrons. The Hall–Kier alpha value is -1.69. The normalized spacial score (nSPS) is 26.5. The molecule has 2 fully saturated rings. The fourth-order valence-corrected chi connectivity index (χ4v) is 17.1. The molecule has 0 bridgehead atoms. The van der Waals surface area contributed by atoms with Crippen LogP contribution in [0.1, 0.15) is 19.1 Å². The van der Waals surface area contributed by atoms with E-state index in [9.17, 15) is 52.7 Å². The first kappa shape index (κ1) is 26.4. The molecule has 15 heteroatoms. The van der Waals surface area contributed by atoms with Gasteiger partial charge in [-0.1, -0.05) is 0 Å². The molecule has 0 saturated carbocycles. The van der Waals surface area contributed by atoms with Crippen molar-refractivity contribution in [2.45, 2.75) is 43.8 Å². The number of benzene rings is 2. The fourth-order valence-electron chi connectivity index (χ4n) is 4.43. The summed E-state index contributed by atoms with van der Waals surface area (Å²) < 4.78 is 170. The summed E-state index contributed by atoms with van der Waals surface area (Å²) in [6.45, 7) is 0. The van der Waals surface area contributed by atoms with Crippen molar-refractivity contribution in [1.29, 1.82) is 0 Å². The molecule has 0 N–H and O–H groups in total. The van der Waals surface area contributed by atoms with Crippen LogP contribution in [0.3, 0.4) is 0 Å². The second kappa shape index (κ2) is 7.66. The van der Waals surface area contributed by atoms with Gasteiger partial charge in [-0.3, -0.25) is 0 Å². The van der Waals surface area contributed by atoms with E-state index in [0.29, 0.717) is 0 Å². The van der Waals surface area contributed by atoms with E-state index in [-0.39, 0.29) is 0 Å². The van der Waals surface area contributed by atoms with Crippen LogP contribution in [0.25, 0.3) is 0 Å². The summed E-state index contributed by atoms with van der Waals surface area (Å²) in [6.07, 6.45) is -24.9. The van der Waals surface area contributed by atoms with Crippen molar-refractivity contribution in [1.82, 2.24) is 0 Å². The van der Waals surface area contributed by atoms with E-state index in [1.54, 1.807) is 0 Å². The molecule has 35 heavy (non-hydrogen) atoms. The molecule has 2 aromatic rings. The molecule has 2 nitrogen and oxygen atoms in total. The maximum absolute atomic E-state index is 14.0. The molecule has 2 aliphatic rings. The third kappa shape index (κ3) is 3.34. The zero-order chi connectivity index (χ0) is 26.3. The summed E-state index contributed by atoms with van der Waals surface area (Å²) in [4.78, 5) is 0. The van der Waals surface area contributed by atoms with Crippen molar-refractivity contribution < 1.29 is 58.9 Å². The average molecular weight is 640 g/mol. The molecular weight excluding hydrogens is 628 g/mol. The van der Waals surface area contributed by atoms with E-state index < -0.39 is 74.0 Å². The molecule has 0 aromatic heterocycles. The van der Waals surface area contributed by atoms with E-state index >= 15 is 0 Å².